The second-order valence-corrected chi connectivity index (χ2v) is 7.65. The summed E-state index contributed by atoms with van der Waals surface area (Å²) in [7, 11) is -1.54. The number of rotatable bonds is 1. The van der Waals surface area contributed by atoms with Crippen molar-refractivity contribution in [2.45, 2.75) is 20.8 Å². The van der Waals surface area contributed by atoms with Crippen LogP contribution in [0.25, 0.3) is 0 Å². The van der Waals surface area contributed by atoms with E-state index in [-0.39, 0.29) is 17.1 Å². The number of hydrogen-bond acceptors (Lipinski definition) is 5. The van der Waals surface area contributed by atoms with Gasteiger partial charge in [0, 0.05) is 13.7 Å². The number of fused-ring (bicyclic) bond motifs is 1. The summed E-state index contributed by atoms with van der Waals surface area (Å²) in [6.45, 7) is 7.11. The molecule has 3 rings (SSSR count). The molecule has 7 nitrogen and oxygen atoms in total. The van der Waals surface area contributed by atoms with Gasteiger partial charge in [0.1, 0.15) is 17.1 Å². The Hall–Kier alpha value is -2.40. The van der Waals surface area contributed by atoms with E-state index in [2.05, 4.69) is 15.2 Å². The van der Waals surface area contributed by atoms with Crippen molar-refractivity contribution in [3.8, 4) is 5.75 Å². The van der Waals surface area contributed by atoms with Crippen molar-refractivity contribution in [2.24, 2.45) is 11.8 Å². The van der Waals surface area contributed by atoms with Gasteiger partial charge >= 0.3 is 0 Å². The number of aromatic nitrogens is 2. The van der Waals surface area contributed by atoms with Crippen LogP contribution in [0.2, 0.25) is 0 Å². The van der Waals surface area contributed by atoms with E-state index in [4.69, 9.17) is 0 Å². The van der Waals surface area contributed by atoms with Crippen LogP contribution in [0.15, 0.2) is 33.8 Å². The maximum Gasteiger partial charge on any atom is 0.281 e. The maximum atomic E-state index is 12.8. The summed E-state index contributed by atoms with van der Waals surface area (Å²) in [5, 5.41) is 17.7. The van der Waals surface area contributed by atoms with E-state index in [0.717, 1.165) is 4.68 Å². The third-order valence-corrected chi connectivity index (χ3v) is 5.38. The smallest absolute Gasteiger partial charge is 0.281 e. The number of nitrogens with zero attached hydrogens (tertiary/aromatic N) is 3. The molecule has 0 amide bonds. The number of hydrogen-bond donors (Lipinski definition) is 2. The van der Waals surface area contributed by atoms with E-state index in [1.54, 1.807) is 31.2 Å². The first-order chi connectivity index (χ1) is 11.3. The van der Waals surface area contributed by atoms with Crippen molar-refractivity contribution in [3.63, 3.8) is 0 Å². The lowest BCUT2D eigenvalue weighted by molar-refractivity contribution is 0.456. The number of anilines is 1. The molecule has 1 unspecified atom stereocenters. The van der Waals surface area contributed by atoms with Gasteiger partial charge in [0.05, 0.1) is 11.0 Å². The number of aryl methyl sites for hydroxylation is 2. The average Bonchev–Trinajstić information content (AvgIpc) is 2.55. The van der Waals surface area contributed by atoms with Crippen LogP contribution >= 0.6 is 7.29 Å². The van der Waals surface area contributed by atoms with Gasteiger partial charge in [-0.25, -0.2) is 9.44 Å². The van der Waals surface area contributed by atoms with Crippen LogP contribution in [0.5, 0.6) is 5.75 Å². The predicted octanol–water partition coefficient (Wildman–Crippen LogP) is 2.23. The molecule has 2 heterocycles. The third kappa shape index (κ3) is 2.99. The minimum absolute atomic E-state index is 0.0217. The highest BCUT2D eigenvalue weighted by molar-refractivity contribution is 7.70. The Morgan fingerprint density at radius 1 is 1.25 bits per heavy atom. The second-order valence-electron chi connectivity index (χ2n) is 5.21. The van der Waals surface area contributed by atoms with Gasteiger partial charge in [-0.2, -0.15) is 5.10 Å². The highest BCUT2D eigenvalue weighted by Crippen LogP contribution is 2.47. The lowest BCUT2D eigenvalue weighted by Gasteiger charge is -2.23. The van der Waals surface area contributed by atoms with E-state index in [1.165, 1.54) is 13.7 Å². The van der Waals surface area contributed by atoms with Gasteiger partial charge in [0.2, 0.25) is 7.29 Å². The molecular weight excluding hydrogens is 327 g/mol. The molecule has 128 valence electrons. The molecule has 0 saturated carbocycles. The minimum atomic E-state index is -3.02. The zero-order valence-electron chi connectivity index (χ0n) is 14.4. The van der Waals surface area contributed by atoms with Crippen molar-refractivity contribution in [2.75, 3.05) is 12.0 Å². The fraction of sp³-hybridized carbons (Fsp3) is 0.312. The van der Waals surface area contributed by atoms with E-state index in [1.807, 2.05) is 13.8 Å². The summed E-state index contributed by atoms with van der Waals surface area (Å²) in [4.78, 5) is 12.3. The van der Waals surface area contributed by atoms with Crippen LogP contribution in [-0.2, 0) is 11.6 Å². The zero-order valence-corrected chi connectivity index (χ0v) is 15.3. The largest absolute Gasteiger partial charge is 0.505 e. The van der Waals surface area contributed by atoms with Crippen molar-refractivity contribution in [1.82, 2.24) is 9.78 Å². The molecule has 0 bridgehead atoms. The summed E-state index contributed by atoms with van der Waals surface area (Å²) >= 11 is 0. The molecule has 0 spiro atoms. The first-order valence-corrected chi connectivity index (χ1v) is 9.73. The molecule has 2 N–H and O–H groups in total. The van der Waals surface area contributed by atoms with Gasteiger partial charge in [-0.3, -0.25) is 9.36 Å². The van der Waals surface area contributed by atoms with Gasteiger partial charge in [-0.15, -0.1) is 0 Å². The van der Waals surface area contributed by atoms with Crippen LogP contribution in [-0.4, -0.2) is 27.4 Å². The number of aromatic hydroxyl groups is 1. The Morgan fingerprint density at radius 3 is 2.54 bits per heavy atom. The quantitative estimate of drug-likeness (QED) is 0.771. The molecule has 2 aromatic rings. The highest BCUT2D eigenvalue weighted by atomic mass is 31.2. The van der Waals surface area contributed by atoms with Crippen LogP contribution in [0.3, 0.4) is 0 Å². The number of benzene rings is 1. The van der Waals surface area contributed by atoms with E-state index in [9.17, 15) is 14.5 Å². The van der Waals surface area contributed by atoms with Crippen molar-refractivity contribution in [1.29, 1.82) is 0 Å². The highest BCUT2D eigenvalue weighted by Gasteiger charge is 2.30. The Bertz CT molecular complexity index is 918. The van der Waals surface area contributed by atoms with Gasteiger partial charge < -0.3 is 10.4 Å². The van der Waals surface area contributed by atoms with Gasteiger partial charge in [-0.1, -0.05) is 26.0 Å². The lowest BCUT2D eigenvalue weighted by atomic mass is 10.2. The summed E-state index contributed by atoms with van der Waals surface area (Å²) < 4.78 is 18.1. The summed E-state index contributed by atoms with van der Waals surface area (Å²) in [5.74, 6) is -0.151. The van der Waals surface area contributed by atoms with Gasteiger partial charge in [-0.05, 0) is 19.1 Å². The number of amidine groups is 1. The second kappa shape index (κ2) is 6.61. The summed E-state index contributed by atoms with van der Waals surface area (Å²) in [6, 6.07) is 7.07. The Kier molecular flexibility index (Phi) is 4.94. The molecule has 1 aromatic carbocycles. The number of nitrogens with one attached hydrogen (secondary N) is 1. The van der Waals surface area contributed by atoms with E-state index in [0.29, 0.717) is 16.7 Å². The van der Waals surface area contributed by atoms with Crippen molar-refractivity contribution in [3.05, 3.63) is 45.9 Å². The van der Waals surface area contributed by atoms with Crippen LogP contribution in [0, 0.1) is 6.92 Å². The molecule has 0 fully saturated rings. The SMILES string of the molecule is CC.Cc1nn(C)c(=O)c(C2=NP(C)(=O)c3ccccc3N2)c1O. The molecular formula is C16H21N4O3P. The van der Waals surface area contributed by atoms with Gasteiger partial charge in [0.25, 0.3) is 5.56 Å². The zero-order chi connectivity index (χ0) is 18.1. The lowest BCUT2D eigenvalue weighted by Crippen LogP contribution is -2.33. The van der Waals surface area contributed by atoms with Crippen LogP contribution in [0.4, 0.5) is 5.69 Å². The molecule has 1 aliphatic heterocycles. The van der Waals surface area contributed by atoms with Crippen molar-refractivity contribution >= 4 is 24.1 Å². The molecule has 8 heteroatoms. The molecule has 1 aromatic heterocycles. The number of para-hydroxylation sites is 1. The Balaban J connectivity index is 0.00000100. The predicted molar refractivity (Wildman–Crippen MR) is 97.0 cm³/mol. The summed E-state index contributed by atoms with van der Waals surface area (Å²) in [5.41, 5.74) is 0.390. The van der Waals surface area contributed by atoms with E-state index >= 15 is 0 Å². The fourth-order valence-electron chi connectivity index (χ4n) is 2.43. The fourth-order valence-corrected chi connectivity index (χ4v) is 4.01. The maximum absolute atomic E-state index is 12.8. The Labute approximate surface area is 140 Å². The first-order valence-electron chi connectivity index (χ1n) is 7.63. The molecule has 0 saturated heterocycles. The third-order valence-electron chi connectivity index (χ3n) is 3.52. The minimum Gasteiger partial charge on any atom is -0.505 e. The summed E-state index contributed by atoms with van der Waals surface area (Å²) in [6.07, 6.45) is 0. The van der Waals surface area contributed by atoms with Crippen molar-refractivity contribution < 1.29 is 9.67 Å². The Morgan fingerprint density at radius 2 is 1.88 bits per heavy atom. The molecule has 1 aliphatic rings. The van der Waals surface area contributed by atoms with Gasteiger partial charge in [0.15, 0.2) is 5.75 Å². The monoisotopic (exact) mass is 348 g/mol. The molecule has 0 aliphatic carbocycles. The molecule has 24 heavy (non-hydrogen) atoms. The normalized spacial score (nSPS) is 18.6. The first kappa shape index (κ1) is 17.9. The van der Waals surface area contributed by atoms with Crippen LogP contribution in [0.1, 0.15) is 25.1 Å². The standard InChI is InChI=1S/C14H15N4O3P.C2H6/c1-8-12(19)11(14(20)18(2)16-8)13-15-9-6-4-5-7-10(9)22(3,21)17-13;1-2/h4-7,19H,1-3H3,(H,15,17,21);1-2H3. The molecule has 1 atom stereocenters. The average molecular weight is 348 g/mol. The van der Waals surface area contributed by atoms with Crippen LogP contribution < -0.4 is 16.2 Å². The molecule has 0 radical (unpaired) electrons. The van der Waals surface area contributed by atoms with E-state index < -0.39 is 12.9 Å². The topological polar surface area (TPSA) is 96.6 Å².